The lowest BCUT2D eigenvalue weighted by atomic mass is 9.99. The summed E-state index contributed by atoms with van der Waals surface area (Å²) in [6.45, 7) is 2.30. The van der Waals surface area contributed by atoms with Gasteiger partial charge < -0.3 is 5.32 Å². The molecule has 0 radical (unpaired) electrons. The van der Waals surface area contributed by atoms with Crippen molar-refractivity contribution in [2.75, 3.05) is 0 Å². The van der Waals surface area contributed by atoms with Crippen LogP contribution in [-0.2, 0) is 6.54 Å². The number of rotatable bonds is 4. The SMILES string of the molecule is CC(NCc1cc(F)c(F)cc1F)C1CCCC1. The van der Waals surface area contributed by atoms with E-state index in [-0.39, 0.29) is 18.2 Å². The predicted molar refractivity (Wildman–Crippen MR) is 64.6 cm³/mol. The highest BCUT2D eigenvalue weighted by Crippen LogP contribution is 2.27. The highest BCUT2D eigenvalue weighted by Gasteiger charge is 2.21. The van der Waals surface area contributed by atoms with Gasteiger partial charge in [0.25, 0.3) is 0 Å². The van der Waals surface area contributed by atoms with Crippen LogP contribution in [0.1, 0.15) is 38.2 Å². The van der Waals surface area contributed by atoms with Gasteiger partial charge >= 0.3 is 0 Å². The lowest BCUT2D eigenvalue weighted by molar-refractivity contribution is 0.376. The maximum atomic E-state index is 13.4. The molecule has 1 saturated carbocycles. The molecule has 1 aliphatic rings. The molecule has 1 N–H and O–H groups in total. The van der Waals surface area contributed by atoms with Crippen LogP contribution < -0.4 is 5.32 Å². The van der Waals surface area contributed by atoms with Crippen molar-refractivity contribution in [3.05, 3.63) is 35.1 Å². The van der Waals surface area contributed by atoms with E-state index < -0.39 is 17.5 Å². The molecule has 1 aliphatic carbocycles. The van der Waals surface area contributed by atoms with Crippen LogP contribution in [0.5, 0.6) is 0 Å². The summed E-state index contributed by atoms with van der Waals surface area (Å²) in [7, 11) is 0. The van der Waals surface area contributed by atoms with Gasteiger partial charge in [0.2, 0.25) is 0 Å². The average molecular weight is 257 g/mol. The third-order valence-electron chi connectivity index (χ3n) is 3.81. The first-order chi connectivity index (χ1) is 8.58. The molecule has 0 aromatic heterocycles. The second-order valence-corrected chi connectivity index (χ2v) is 5.07. The van der Waals surface area contributed by atoms with E-state index in [9.17, 15) is 13.2 Å². The van der Waals surface area contributed by atoms with Crippen molar-refractivity contribution >= 4 is 0 Å². The Labute approximate surface area is 105 Å². The molecule has 0 saturated heterocycles. The Morgan fingerprint density at radius 2 is 1.72 bits per heavy atom. The summed E-state index contributed by atoms with van der Waals surface area (Å²) in [5, 5.41) is 3.20. The summed E-state index contributed by atoms with van der Waals surface area (Å²) in [6, 6.07) is 1.81. The van der Waals surface area contributed by atoms with E-state index in [1.165, 1.54) is 25.7 Å². The van der Waals surface area contributed by atoms with Gasteiger partial charge in [0, 0.05) is 24.2 Å². The Morgan fingerprint density at radius 1 is 1.11 bits per heavy atom. The lowest BCUT2D eigenvalue weighted by Gasteiger charge is -2.20. The molecule has 0 amide bonds. The molecule has 100 valence electrons. The first kappa shape index (κ1) is 13.4. The van der Waals surface area contributed by atoms with Gasteiger partial charge in [-0.3, -0.25) is 0 Å². The molecule has 1 unspecified atom stereocenters. The topological polar surface area (TPSA) is 12.0 Å². The van der Waals surface area contributed by atoms with E-state index in [2.05, 4.69) is 12.2 Å². The zero-order valence-electron chi connectivity index (χ0n) is 10.5. The zero-order chi connectivity index (χ0) is 13.1. The largest absolute Gasteiger partial charge is 0.310 e. The summed E-state index contributed by atoms with van der Waals surface area (Å²) in [5.41, 5.74) is 0.179. The lowest BCUT2D eigenvalue weighted by Crippen LogP contribution is -2.32. The maximum absolute atomic E-state index is 13.4. The molecule has 0 spiro atoms. The van der Waals surface area contributed by atoms with Crippen LogP contribution in [0.4, 0.5) is 13.2 Å². The molecule has 1 nitrogen and oxygen atoms in total. The Kier molecular flexibility index (Phi) is 4.27. The molecule has 1 atom stereocenters. The Morgan fingerprint density at radius 3 is 2.39 bits per heavy atom. The highest BCUT2D eigenvalue weighted by molar-refractivity contribution is 5.20. The van der Waals surface area contributed by atoms with Gasteiger partial charge in [0.15, 0.2) is 11.6 Å². The van der Waals surface area contributed by atoms with Crippen molar-refractivity contribution in [2.45, 2.75) is 45.2 Å². The third kappa shape index (κ3) is 3.05. The monoisotopic (exact) mass is 257 g/mol. The fraction of sp³-hybridized carbons (Fsp3) is 0.571. The van der Waals surface area contributed by atoms with E-state index in [1.807, 2.05) is 0 Å². The molecule has 2 rings (SSSR count). The molecule has 18 heavy (non-hydrogen) atoms. The van der Waals surface area contributed by atoms with Crippen molar-refractivity contribution in [2.24, 2.45) is 5.92 Å². The van der Waals surface area contributed by atoms with E-state index in [0.717, 1.165) is 6.07 Å². The van der Waals surface area contributed by atoms with Crippen LogP contribution in [0, 0.1) is 23.4 Å². The van der Waals surface area contributed by atoms with E-state index in [4.69, 9.17) is 0 Å². The molecule has 1 fully saturated rings. The van der Waals surface area contributed by atoms with Crippen molar-refractivity contribution in [3.8, 4) is 0 Å². The van der Waals surface area contributed by atoms with Crippen molar-refractivity contribution < 1.29 is 13.2 Å². The number of halogens is 3. The van der Waals surface area contributed by atoms with Gasteiger partial charge in [-0.25, -0.2) is 13.2 Å². The molecule has 4 heteroatoms. The van der Waals surface area contributed by atoms with E-state index in [0.29, 0.717) is 12.0 Å². The number of hydrogen-bond acceptors (Lipinski definition) is 1. The van der Waals surface area contributed by atoms with Crippen LogP contribution in [0.2, 0.25) is 0 Å². The van der Waals surface area contributed by atoms with Crippen LogP contribution in [0.3, 0.4) is 0 Å². The standard InChI is InChI=1S/C14H18F3N/c1-9(10-4-2-3-5-10)18-8-11-6-13(16)14(17)7-12(11)15/h6-7,9-10,18H,2-5,8H2,1H3. The number of benzene rings is 1. The third-order valence-corrected chi connectivity index (χ3v) is 3.81. The van der Waals surface area contributed by atoms with Gasteiger partial charge in [0.1, 0.15) is 5.82 Å². The summed E-state index contributed by atoms with van der Waals surface area (Å²) in [5.74, 6) is -2.22. The van der Waals surface area contributed by atoms with Crippen LogP contribution in [0.15, 0.2) is 12.1 Å². The quantitative estimate of drug-likeness (QED) is 0.810. The minimum atomic E-state index is -1.14. The molecule has 1 aromatic carbocycles. The minimum Gasteiger partial charge on any atom is -0.310 e. The fourth-order valence-corrected chi connectivity index (χ4v) is 2.59. The first-order valence-electron chi connectivity index (χ1n) is 6.44. The summed E-state index contributed by atoms with van der Waals surface area (Å²) >= 11 is 0. The van der Waals surface area contributed by atoms with Gasteiger partial charge in [-0.05, 0) is 31.7 Å². The molecule has 0 bridgehead atoms. The molecular weight excluding hydrogens is 239 g/mol. The van der Waals surface area contributed by atoms with Crippen molar-refractivity contribution in [1.29, 1.82) is 0 Å². The zero-order valence-corrected chi connectivity index (χ0v) is 10.5. The molecular formula is C14H18F3N. The molecule has 0 heterocycles. The van der Waals surface area contributed by atoms with E-state index >= 15 is 0 Å². The molecule has 0 aliphatic heterocycles. The predicted octanol–water partition coefficient (Wildman–Crippen LogP) is 3.77. The summed E-state index contributed by atoms with van der Waals surface area (Å²) in [6.07, 6.45) is 4.87. The van der Waals surface area contributed by atoms with Crippen LogP contribution in [0.25, 0.3) is 0 Å². The maximum Gasteiger partial charge on any atom is 0.161 e. The Balaban J connectivity index is 1.95. The number of nitrogens with one attached hydrogen (secondary N) is 1. The summed E-state index contributed by atoms with van der Waals surface area (Å²) < 4.78 is 39.2. The van der Waals surface area contributed by atoms with Gasteiger partial charge in [0.05, 0.1) is 0 Å². The minimum absolute atomic E-state index is 0.179. The normalized spacial score (nSPS) is 18.2. The van der Waals surface area contributed by atoms with Crippen molar-refractivity contribution in [3.63, 3.8) is 0 Å². The average Bonchev–Trinajstić information content (AvgIpc) is 2.85. The van der Waals surface area contributed by atoms with Gasteiger partial charge in [-0.15, -0.1) is 0 Å². The second kappa shape index (κ2) is 5.74. The smallest absolute Gasteiger partial charge is 0.161 e. The number of hydrogen-bond donors (Lipinski definition) is 1. The van der Waals surface area contributed by atoms with Gasteiger partial charge in [-0.1, -0.05) is 12.8 Å². The Hall–Kier alpha value is -1.03. The fourth-order valence-electron chi connectivity index (χ4n) is 2.59. The Bertz CT molecular complexity index is 414. The van der Waals surface area contributed by atoms with Gasteiger partial charge in [-0.2, -0.15) is 0 Å². The highest BCUT2D eigenvalue weighted by atomic mass is 19.2. The van der Waals surface area contributed by atoms with Crippen molar-refractivity contribution in [1.82, 2.24) is 5.32 Å². The van der Waals surface area contributed by atoms with Crippen LogP contribution in [-0.4, -0.2) is 6.04 Å². The summed E-state index contributed by atoms with van der Waals surface area (Å²) in [4.78, 5) is 0. The second-order valence-electron chi connectivity index (χ2n) is 5.07. The molecule has 1 aromatic rings. The van der Waals surface area contributed by atoms with E-state index in [1.54, 1.807) is 0 Å². The van der Waals surface area contributed by atoms with Crippen LogP contribution >= 0.6 is 0 Å². The first-order valence-corrected chi connectivity index (χ1v) is 6.44.